The van der Waals surface area contributed by atoms with Crippen molar-refractivity contribution in [3.05, 3.63) is 29.6 Å². The van der Waals surface area contributed by atoms with E-state index in [1.54, 1.807) is 0 Å². The van der Waals surface area contributed by atoms with Crippen LogP contribution in [0, 0.1) is 5.92 Å². The monoisotopic (exact) mass is 235 g/mol. The third kappa shape index (κ3) is 1.76. The maximum atomic E-state index is 10.4. The highest BCUT2D eigenvalue weighted by atomic mass is 32.2. The second-order valence-electron chi connectivity index (χ2n) is 4.81. The maximum Gasteiger partial charge on any atom is 0.0660 e. The SMILES string of the molecule is OC(C1CCSC1)C1CCc2cccnc21. The fourth-order valence-corrected chi connectivity index (χ4v) is 4.23. The number of hydrogen-bond donors (Lipinski definition) is 1. The van der Waals surface area contributed by atoms with E-state index in [4.69, 9.17) is 0 Å². The van der Waals surface area contributed by atoms with Gasteiger partial charge >= 0.3 is 0 Å². The molecule has 2 heterocycles. The van der Waals surface area contributed by atoms with E-state index in [9.17, 15) is 5.11 Å². The first kappa shape index (κ1) is 10.6. The van der Waals surface area contributed by atoms with Gasteiger partial charge < -0.3 is 5.11 Å². The normalized spacial score (nSPS) is 30.3. The average molecular weight is 235 g/mol. The van der Waals surface area contributed by atoms with E-state index in [0.717, 1.165) is 24.3 Å². The van der Waals surface area contributed by atoms with Crippen LogP contribution in [-0.2, 0) is 6.42 Å². The summed E-state index contributed by atoms with van der Waals surface area (Å²) in [5.41, 5.74) is 2.50. The van der Waals surface area contributed by atoms with Gasteiger partial charge in [-0.1, -0.05) is 6.07 Å². The van der Waals surface area contributed by atoms with Crippen LogP contribution in [-0.4, -0.2) is 27.7 Å². The van der Waals surface area contributed by atoms with Gasteiger partial charge in [0.05, 0.1) is 6.10 Å². The van der Waals surface area contributed by atoms with Gasteiger partial charge in [0.25, 0.3) is 0 Å². The minimum atomic E-state index is -0.175. The Morgan fingerprint density at radius 2 is 2.38 bits per heavy atom. The summed E-state index contributed by atoms with van der Waals surface area (Å²) in [5.74, 6) is 3.12. The van der Waals surface area contributed by atoms with E-state index in [0.29, 0.717) is 11.8 Å². The zero-order valence-corrected chi connectivity index (χ0v) is 10.1. The molecule has 1 fully saturated rings. The van der Waals surface area contributed by atoms with Gasteiger partial charge in [-0.05, 0) is 48.3 Å². The molecule has 1 aromatic rings. The van der Waals surface area contributed by atoms with E-state index in [-0.39, 0.29) is 6.10 Å². The number of rotatable bonds is 2. The van der Waals surface area contributed by atoms with Gasteiger partial charge in [0.2, 0.25) is 0 Å². The van der Waals surface area contributed by atoms with Crippen LogP contribution in [0.5, 0.6) is 0 Å². The lowest BCUT2D eigenvalue weighted by Crippen LogP contribution is -2.27. The van der Waals surface area contributed by atoms with Crippen molar-refractivity contribution >= 4 is 11.8 Å². The standard InChI is InChI=1S/C13H17NOS/c15-13(10-5-7-16-8-10)11-4-3-9-2-1-6-14-12(9)11/h1-2,6,10-11,13,15H,3-5,7-8H2. The van der Waals surface area contributed by atoms with Crippen LogP contribution in [0.25, 0.3) is 0 Å². The number of nitrogens with zero attached hydrogens (tertiary/aromatic N) is 1. The number of thioether (sulfide) groups is 1. The number of pyridine rings is 1. The molecule has 0 amide bonds. The van der Waals surface area contributed by atoms with Crippen molar-refractivity contribution in [1.82, 2.24) is 4.98 Å². The summed E-state index contributed by atoms with van der Waals surface area (Å²) in [6.07, 6.45) is 5.02. The lowest BCUT2D eigenvalue weighted by atomic mass is 9.88. The highest BCUT2D eigenvalue weighted by molar-refractivity contribution is 7.99. The van der Waals surface area contributed by atoms with Crippen molar-refractivity contribution in [2.24, 2.45) is 5.92 Å². The minimum Gasteiger partial charge on any atom is -0.392 e. The molecule has 3 atom stereocenters. The molecular weight excluding hydrogens is 218 g/mol. The summed E-state index contributed by atoms with van der Waals surface area (Å²) in [7, 11) is 0. The van der Waals surface area contributed by atoms with Crippen molar-refractivity contribution in [3.8, 4) is 0 Å². The highest BCUT2D eigenvalue weighted by Gasteiger charge is 2.35. The van der Waals surface area contributed by atoms with Gasteiger partial charge in [-0.3, -0.25) is 4.98 Å². The largest absolute Gasteiger partial charge is 0.392 e. The van der Waals surface area contributed by atoms with Gasteiger partial charge in [-0.2, -0.15) is 11.8 Å². The van der Waals surface area contributed by atoms with E-state index in [1.165, 1.54) is 17.7 Å². The Kier molecular flexibility index (Phi) is 2.90. The molecule has 0 aromatic carbocycles. The Labute approximate surface area is 100 Å². The van der Waals surface area contributed by atoms with Crippen LogP contribution in [0.2, 0.25) is 0 Å². The van der Waals surface area contributed by atoms with Crippen LogP contribution in [0.3, 0.4) is 0 Å². The third-order valence-corrected chi connectivity index (χ3v) is 5.05. The first-order valence-corrected chi connectivity index (χ1v) is 7.21. The number of aliphatic hydroxyl groups is 1. The van der Waals surface area contributed by atoms with Crippen molar-refractivity contribution in [2.75, 3.05) is 11.5 Å². The molecule has 16 heavy (non-hydrogen) atoms. The number of fused-ring (bicyclic) bond motifs is 1. The molecule has 3 unspecified atom stereocenters. The maximum absolute atomic E-state index is 10.4. The zero-order chi connectivity index (χ0) is 11.0. The molecule has 1 aromatic heterocycles. The van der Waals surface area contributed by atoms with Crippen molar-refractivity contribution in [2.45, 2.75) is 31.3 Å². The van der Waals surface area contributed by atoms with Crippen molar-refractivity contribution < 1.29 is 5.11 Å². The molecular formula is C13H17NOS. The molecule has 0 radical (unpaired) electrons. The van der Waals surface area contributed by atoms with Gasteiger partial charge in [-0.15, -0.1) is 0 Å². The summed E-state index contributed by atoms with van der Waals surface area (Å²) in [6.45, 7) is 0. The Hall–Kier alpha value is -0.540. The fraction of sp³-hybridized carbons (Fsp3) is 0.615. The van der Waals surface area contributed by atoms with Crippen LogP contribution in [0.15, 0.2) is 18.3 Å². The van der Waals surface area contributed by atoms with Crippen LogP contribution in [0.1, 0.15) is 30.0 Å². The van der Waals surface area contributed by atoms with Crippen LogP contribution in [0.4, 0.5) is 0 Å². The predicted molar refractivity (Wildman–Crippen MR) is 66.7 cm³/mol. The lowest BCUT2D eigenvalue weighted by Gasteiger charge is -2.23. The number of aromatic nitrogens is 1. The topological polar surface area (TPSA) is 33.1 Å². The molecule has 1 aliphatic heterocycles. The third-order valence-electron chi connectivity index (χ3n) is 3.86. The van der Waals surface area contributed by atoms with E-state index in [1.807, 2.05) is 24.0 Å². The van der Waals surface area contributed by atoms with Crippen molar-refractivity contribution in [1.29, 1.82) is 0 Å². The quantitative estimate of drug-likeness (QED) is 0.853. The average Bonchev–Trinajstić information content (AvgIpc) is 2.98. The number of aliphatic hydroxyl groups excluding tert-OH is 1. The van der Waals surface area contributed by atoms with Crippen LogP contribution >= 0.6 is 11.8 Å². The molecule has 1 saturated heterocycles. The van der Waals surface area contributed by atoms with Crippen LogP contribution < -0.4 is 0 Å². The summed E-state index contributed by atoms with van der Waals surface area (Å²) in [5, 5.41) is 10.4. The molecule has 2 nitrogen and oxygen atoms in total. The zero-order valence-electron chi connectivity index (χ0n) is 9.30. The van der Waals surface area contributed by atoms with E-state index >= 15 is 0 Å². The molecule has 1 aliphatic carbocycles. The fourth-order valence-electron chi connectivity index (χ4n) is 2.93. The number of aryl methyl sites for hydroxylation is 1. The Morgan fingerprint density at radius 1 is 1.44 bits per heavy atom. The summed E-state index contributed by atoms with van der Waals surface area (Å²) >= 11 is 1.97. The predicted octanol–water partition coefficient (Wildman–Crippen LogP) is 2.23. The van der Waals surface area contributed by atoms with Gasteiger partial charge in [0, 0.05) is 17.8 Å². The smallest absolute Gasteiger partial charge is 0.0660 e. The number of hydrogen-bond acceptors (Lipinski definition) is 3. The Morgan fingerprint density at radius 3 is 3.19 bits per heavy atom. The molecule has 0 saturated carbocycles. The van der Waals surface area contributed by atoms with Crippen molar-refractivity contribution in [3.63, 3.8) is 0 Å². The second-order valence-corrected chi connectivity index (χ2v) is 5.96. The molecule has 2 aliphatic rings. The van der Waals surface area contributed by atoms with Gasteiger partial charge in [-0.25, -0.2) is 0 Å². The summed E-state index contributed by atoms with van der Waals surface area (Å²) in [6, 6.07) is 4.15. The molecule has 3 heteroatoms. The minimum absolute atomic E-state index is 0.175. The molecule has 1 N–H and O–H groups in total. The summed E-state index contributed by atoms with van der Waals surface area (Å²) in [4.78, 5) is 4.47. The molecule has 3 rings (SSSR count). The molecule has 0 bridgehead atoms. The van der Waals surface area contributed by atoms with E-state index < -0.39 is 0 Å². The Balaban J connectivity index is 1.81. The highest BCUT2D eigenvalue weighted by Crippen LogP contribution is 2.39. The first-order valence-electron chi connectivity index (χ1n) is 6.06. The van der Waals surface area contributed by atoms with Gasteiger partial charge in [0.15, 0.2) is 0 Å². The van der Waals surface area contributed by atoms with E-state index in [2.05, 4.69) is 11.1 Å². The molecule has 0 spiro atoms. The second kappa shape index (κ2) is 4.38. The Bertz CT molecular complexity index is 376. The van der Waals surface area contributed by atoms with Gasteiger partial charge in [0.1, 0.15) is 0 Å². The lowest BCUT2D eigenvalue weighted by molar-refractivity contribution is 0.0903. The summed E-state index contributed by atoms with van der Waals surface area (Å²) < 4.78 is 0. The molecule has 86 valence electrons. The first-order chi connectivity index (χ1) is 7.86.